The summed E-state index contributed by atoms with van der Waals surface area (Å²) in [6.07, 6.45) is 0.786. The van der Waals surface area contributed by atoms with E-state index in [4.69, 9.17) is 9.47 Å². The monoisotopic (exact) mass is 267 g/mol. The van der Waals surface area contributed by atoms with E-state index in [1.54, 1.807) is 25.3 Å². The molecule has 0 heterocycles. The van der Waals surface area contributed by atoms with Crippen LogP contribution in [-0.2, 0) is 20.7 Å². The average Bonchev–Trinajstić information content (AvgIpc) is 2.45. The molecule has 0 spiro atoms. The zero-order chi connectivity index (χ0) is 14.3. The maximum Gasteiger partial charge on any atom is 0.328 e. The van der Waals surface area contributed by atoms with Crippen LogP contribution in [0.5, 0.6) is 11.5 Å². The van der Waals surface area contributed by atoms with Crippen LogP contribution in [0.15, 0.2) is 18.2 Å². The van der Waals surface area contributed by atoms with E-state index in [2.05, 4.69) is 10.1 Å². The number of methoxy groups -OCH3 is 3. The van der Waals surface area contributed by atoms with Crippen molar-refractivity contribution in [1.29, 1.82) is 0 Å². The molecule has 104 valence electrons. The lowest BCUT2D eigenvalue weighted by Crippen LogP contribution is -2.38. The summed E-state index contributed by atoms with van der Waals surface area (Å²) in [7, 11) is 4.35. The third kappa shape index (κ3) is 3.87. The lowest BCUT2D eigenvalue weighted by molar-refractivity contribution is -0.144. The second-order valence-electron chi connectivity index (χ2n) is 3.75. The lowest BCUT2D eigenvalue weighted by Gasteiger charge is -2.15. The summed E-state index contributed by atoms with van der Waals surface area (Å²) in [5, 5.41) is 2.42. The van der Waals surface area contributed by atoms with Gasteiger partial charge in [0.2, 0.25) is 6.41 Å². The standard InChI is InChI=1S/C13H17NO5/c1-17-11-5-4-9(7-12(11)18-2)6-10(14-8-15)13(16)19-3/h4-5,7-8,10H,6H2,1-3H3,(H,14,15). The van der Waals surface area contributed by atoms with Crippen LogP contribution in [0.4, 0.5) is 0 Å². The van der Waals surface area contributed by atoms with Gasteiger partial charge >= 0.3 is 5.97 Å². The first-order valence-corrected chi connectivity index (χ1v) is 5.64. The Labute approximate surface area is 111 Å². The van der Waals surface area contributed by atoms with E-state index in [0.717, 1.165) is 5.56 Å². The minimum Gasteiger partial charge on any atom is -0.493 e. The van der Waals surface area contributed by atoms with Gasteiger partial charge in [-0.1, -0.05) is 6.07 Å². The van der Waals surface area contributed by atoms with E-state index in [9.17, 15) is 9.59 Å². The second kappa shape index (κ2) is 7.25. The van der Waals surface area contributed by atoms with Crippen LogP contribution in [-0.4, -0.2) is 39.8 Å². The van der Waals surface area contributed by atoms with Crippen molar-refractivity contribution in [2.45, 2.75) is 12.5 Å². The number of rotatable bonds is 7. The van der Waals surface area contributed by atoms with Crippen molar-refractivity contribution in [2.24, 2.45) is 0 Å². The first-order chi connectivity index (χ1) is 9.15. The van der Waals surface area contributed by atoms with Crippen molar-refractivity contribution in [3.63, 3.8) is 0 Å². The Hall–Kier alpha value is -2.24. The molecule has 1 amide bonds. The molecule has 6 nitrogen and oxygen atoms in total. The lowest BCUT2D eigenvalue weighted by atomic mass is 10.1. The predicted molar refractivity (Wildman–Crippen MR) is 68.3 cm³/mol. The zero-order valence-corrected chi connectivity index (χ0v) is 11.1. The third-order valence-corrected chi connectivity index (χ3v) is 2.64. The van der Waals surface area contributed by atoms with Crippen molar-refractivity contribution < 1.29 is 23.8 Å². The number of carbonyl (C=O) groups excluding carboxylic acids is 2. The molecule has 6 heteroatoms. The van der Waals surface area contributed by atoms with Gasteiger partial charge in [0.1, 0.15) is 6.04 Å². The smallest absolute Gasteiger partial charge is 0.328 e. The number of amides is 1. The molecule has 19 heavy (non-hydrogen) atoms. The minimum atomic E-state index is -0.722. The van der Waals surface area contributed by atoms with Crippen LogP contribution >= 0.6 is 0 Å². The summed E-state index contributed by atoms with van der Waals surface area (Å²) >= 11 is 0. The highest BCUT2D eigenvalue weighted by atomic mass is 16.5. The molecule has 1 unspecified atom stereocenters. The van der Waals surface area contributed by atoms with Crippen LogP contribution in [0.3, 0.4) is 0 Å². The molecule has 1 rings (SSSR count). The maximum absolute atomic E-state index is 11.5. The molecule has 0 aliphatic heterocycles. The van der Waals surface area contributed by atoms with Gasteiger partial charge in [-0.05, 0) is 17.7 Å². The number of ether oxygens (including phenoxy) is 3. The van der Waals surface area contributed by atoms with Crippen LogP contribution in [0, 0.1) is 0 Å². The van der Waals surface area contributed by atoms with Gasteiger partial charge in [0.05, 0.1) is 21.3 Å². The van der Waals surface area contributed by atoms with Gasteiger partial charge in [-0.25, -0.2) is 4.79 Å². The van der Waals surface area contributed by atoms with Gasteiger partial charge in [0.15, 0.2) is 11.5 Å². The highest BCUT2D eigenvalue weighted by molar-refractivity contribution is 5.78. The Balaban J connectivity index is 2.90. The van der Waals surface area contributed by atoms with Crippen LogP contribution in [0.25, 0.3) is 0 Å². The fourth-order valence-electron chi connectivity index (χ4n) is 1.68. The summed E-state index contributed by atoms with van der Waals surface area (Å²) in [5.74, 6) is 0.667. The van der Waals surface area contributed by atoms with Gasteiger partial charge in [0, 0.05) is 6.42 Å². The number of carbonyl (C=O) groups is 2. The number of nitrogens with one attached hydrogen (secondary N) is 1. The molecule has 0 saturated heterocycles. The van der Waals surface area contributed by atoms with Gasteiger partial charge in [-0.3, -0.25) is 4.79 Å². The number of benzene rings is 1. The molecule has 0 aromatic heterocycles. The summed E-state index contributed by atoms with van der Waals surface area (Å²) in [4.78, 5) is 22.0. The Morgan fingerprint density at radius 3 is 2.47 bits per heavy atom. The fourth-order valence-corrected chi connectivity index (χ4v) is 1.68. The van der Waals surface area contributed by atoms with Crippen LogP contribution in [0.2, 0.25) is 0 Å². The quantitative estimate of drug-likeness (QED) is 0.576. The highest BCUT2D eigenvalue weighted by Crippen LogP contribution is 2.27. The average molecular weight is 267 g/mol. The Morgan fingerprint density at radius 1 is 1.26 bits per heavy atom. The van der Waals surface area contributed by atoms with E-state index in [1.807, 2.05) is 0 Å². The van der Waals surface area contributed by atoms with Crippen molar-refractivity contribution in [1.82, 2.24) is 5.32 Å². The Bertz CT molecular complexity index is 447. The van der Waals surface area contributed by atoms with Crippen molar-refractivity contribution in [2.75, 3.05) is 21.3 Å². The molecule has 0 aliphatic rings. The van der Waals surface area contributed by atoms with Gasteiger partial charge < -0.3 is 19.5 Å². The Kier molecular flexibility index (Phi) is 5.66. The minimum absolute atomic E-state index is 0.311. The number of hydrogen-bond acceptors (Lipinski definition) is 5. The molecular formula is C13H17NO5. The predicted octanol–water partition coefficient (Wildman–Crippen LogP) is 0.534. The molecule has 0 aliphatic carbocycles. The SMILES string of the molecule is COC(=O)C(Cc1ccc(OC)c(OC)c1)NC=O. The molecule has 0 radical (unpaired) electrons. The van der Waals surface area contributed by atoms with Crippen LogP contribution < -0.4 is 14.8 Å². The van der Waals surface area contributed by atoms with E-state index in [1.165, 1.54) is 14.2 Å². The third-order valence-electron chi connectivity index (χ3n) is 2.64. The van der Waals surface area contributed by atoms with E-state index in [-0.39, 0.29) is 0 Å². The van der Waals surface area contributed by atoms with Gasteiger partial charge in [-0.15, -0.1) is 0 Å². The Morgan fingerprint density at radius 2 is 1.95 bits per heavy atom. The largest absolute Gasteiger partial charge is 0.493 e. The molecule has 0 bridgehead atoms. The molecule has 0 fully saturated rings. The summed E-state index contributed by atoms with van der Waals surface area (Å²) < 4.78 is 14.9. The summed E-state index contributed by atoms with van der Waals surface area (Å²) in [5.41, 5.74) is 0.822. The first-order valence-electron chi connectivity index (χ1n) is 5.64. The molecule has 1 atom stereocenters. The summed E-state index contributed by atoms with van der Waals surface area (Å²) in [6.45, 7) is 0. The molecular weight excluding hydrogens is 250 g/mol. The first kappa shape index (κ1) is 14.8. The number of hydrogen-bond donors (Lipinski definition) is 1. The molecule has 1 aromatic rings. The highest BCUT2D eigenvalue weighted by Gasteiger charge is 2.19. The van der Waals surface area contributed by atoms with Crippen LogP contribution in [0.1, 0.15) is 5.56 Å². The van der Waals surface area contributed by atoms with Crippen molar-refractivity contribution in [3.05, 3.63) is 23.8 Å². The zero-order valence-electron chi connectivity index (χ0n) is 11.1. The normalized spacial score (nSPS) is 11.3. The topological polar surface area (TPSA) is 73.9 Å². The molecule has 1 aromatic carbocycles. The maximum atomic E-state index is 11.5. The van der Waals surface area contributed by atoms with E-state index >= 15 is 0 Å². The van der Waals surface area contributed by atoms with Crippen molar-refractivity contribution in [3.8, 4) is 11.5 Å². The van der Waals surface area contributed by atoms with E-state index in [0.29, 0.717) is 24.3 Å². The van der Waals surface area contributed by atoms with E-state index < -0.39 is 12.0 Å². The second-order valence-corrected chi connectivity index (χ2v) is 3.75. The fraction of sp³-hybridized carbons (Fsp3) is 0.385. The number of esters is 1. The summed E-state index contributed by atoms with van der Waals surface area (Å²) in [6, 6.07) is 4.56. The van der Waals surface area contributed by atoms with Gasteiger partial charge in [-0.2, -0.15) is 0 Å². The molecule has 0 saturated carbocycles. The van der Waals surface area contributed by atoms with Crippen molar-refractivity contribution >= 4 is 12.4 Å². The molecule has 1 N–H and O–H groups in total. The van der Waals surface area contributed by atoms with Gasteiger partial charge in [0.25, 0.3) is 0 Å².